The Labute approximate surface area is 191 Å². The predicted molar refractivity (Wildman–Crippen MR) is 130 cm³/mol. The van der Waals surface area contributed by atoms with Gasteiger partial charge in [-0.1, -0.05) is 38.5 Å². The average molecular weight is 438 g/mol. The molecule has 1 aliphatic rings. The number of carboxylic acid groups (broad SMARTS) is 1. The van der Waals surface area contributed by atoms with E-state index in [1.807, 2.05) is 30.3 Å². The number of hydrogen-bond acceptors (Lipinski definition) is 4. The van der Waals surface area contributed by atoms with E-state index in [1.165, 1.54) is 0 Å². The van der Waals surface area contributed by atoms with Crippen molar-refractivity contribution in [2.24, 2.45) is 0 Å². The molecule has 0 bridgehead atoms. The lowest BCUT2D eigenvalue weighted by Gasteiger charge is -2.28. The van der Waals surface area contributed by atoms with Crippen molar-refractivity contribution < 1.29 is 19.4 Å². The van der Waals surface area contributed by atoms with Crippen LogP contribution in [0.2, 0.25) is 0 Å². The number of carboxylic acids is 1. The molecule has 0 unspecified atom stereocenters. The van der Waals surface area contributed by atoms with Gasteiger partial charge in [-0.2, -0.15) is 0 Å². The Morgan fingerprint density at radius 3 is 2.50 bits per heavy atom. The number of hydrogen-bond donors (Lipinski definition) is 1. The molecule has 2 aromatic rings. The standard InChI is InChI=1S/C27H35NO4/c1-3-5-16-31-17-18-32-25-11-8-21(9-12-25)22-10-13-26-24(19-22)20-23(27(29)30)7-6-15-28(26)14-4-2/h8-13,19-20H,3-7,14-18H2,1-2H3,(H,29,30)/b23-20+. The number of nitrogens with zero attached hydrogens (tertiary/aromatic N) is 1. The summed E-state index contributed by atoms with van der Waals surface area (Å²) in [5.74, 6) is -0.00765. The third-order valence-corrected chi connectivity index (χ3v) is 5.67. The molecule has 3 rings (SSSR count). The highest BCUT2D eigenvalue weighted by atomic mass is 16.5. The van der Waals surface area contributed by atoms with Crippen molar-refractivity contribution in [2.75, 3.05) is 37.8 Å². The Bertz CT molecular complexity index is 904. The van der Waals surface area contributed by atoms with Crippen LogP contribution in [-0.2, 0) is 9.53 Å². The number of fused-ring (bicyclic) bond motifs is 1. The molecular formula is C27H35NO4. The summed E-state index contributed by atoms with van der Waals surface area (Å²) in [5, 5.41) is 9.59. The zero-order valence-corrected chi connectivity index (χ0v) is 19.3. The molecule has 1 heterocycles. The van der Waals surface area contributed by atoms with E-state index in [1.54, 1.807) is 0 Å². The highest BCUT2D eigenvalue weighted by Crippen LogP contribution is 2.32. The number of benzene rings is 2. The Morgan fingerprint density at radius 2 is 1.78 bits per heavy atom. The summed E-state index contributed by atoms with van der Waals surface area (Å²) in [6, 6.07) is 14.4. The molecule has 0 saturated carbocycles. The van der Waals surface area contributed by atoms with Gasteiger partial charge in [0, 0.05) is 31.0 Å². The van der Waals surface area contributed by atoms with E-state index in [0.717, 1.165) is 73.5 Å². The molecule has 1 N–H and O–H groups in total. The normalized spacial score (nSPS) is 15.3. The van der Waals surface area contributed by atoms with Gasteiger partial charge < -0.3 is 19.5 Å². The molecule has 5 nitrogen and oxygen atoms in total. The summed E-state index contributed by atoms with van der Waals surface area (Å²) in [6.07, 6.45) is 6.56. The van der Waals surface area contributed by atoms with Gasteiger partial charge in [-0.05, 0) is 72.7 Å². The SMILES string of the molecule is CCCCOCCOc1ccc(-c2ccc3c(c2)/C=C(/C(=O)O)CCCN3CCC)cc1. The highest BCUT2D eigenvalue weighted by molar-refractivity contribution is 5.94. The van der Waals surface area contributed by atoms with Gasteiger partial charge in [-0.3, -0.25) is 0 Å². The lowest BCUT2D eigenvalue weighted by atomic mass is 9.97. The molecule has 0 aliphatic carbocycles. The molecule has 0 spiro atoms. The fourth-order valence-electron chi connectivity index (χ4n) is 3.96. The number of rotatable bonds is 11. The minimum Gasteiger partial charge on any atom is -0.491 e. The predicted octanol–water partition coefficient (Wildman–Crippen LogP) is 6.03. The molecule has 0 saturated heterocycles. The van der Waals surface area contributed by atoms with Crippen LogP contribution in [0.15, 0.2) is 48.0 Å². The van der Waals surface area contributed by atoms with Crippen molar-refractivity contribution >= 4 is 17.7 Å². The highest BCUT2D eigenvalue weighted by Gasteiger charge is 2.17. The smallest absolute Gasteiger partial charge is 0.331 e. The Balaban J connectivity index is 1.76. The fraction of sp³-hybridized carbons (Fsp3) is 0.444. The van der Waals surface area contributed by atoms with Crippen LogP contribution in [0.1, 0.15) is 51.5 Å². The molecule has 1 aliphatic heterocycles. The first-order valence-electron chi connectivity index (χ1n) is 11.8. The molecule has 0 atom stereocenters. The van der Waals surface area contributed by atoms with E-state index in [4.69, 9.17) is 9.47 Å². The van der Waals surface area contributed by atoms with Gasteiger partial charge >= 0.3 is 5.97 Å². The molecule has 0 fully saturated rings. The van der Waals surface area contributed by atoms with Gasteiger partial charge in [0.2, 0.25) is 0 Å². The maximum absolute atomic E-state index is 11.7. The van der Waals surface area contributed by atoms with Crippen LogP contribution < -0.4 is 9.64 Å². The second kappa shape index (κ2) is 12.3. The van der Waals surface area contributed by atoms with Gasteiger partial charge in [-0.25, -0.2) is 4.79 Å². The second-order valence-electron chi connectivity index (χ2n) is 8.18. The molecular weight excluding hydrogens is 402 g/mol. The topological polar surface area (TPSA) is 59.0 Å². The number of unbranched alkanes of at least 4 members (excludes halogenated alkanes) is 1. The van der Waals surface area contributed by atoms with Crippen molar-refractivity contribution in [2.45, 2.75) is 46.0 Å². The Morgan fingerprint density at radius 1 is 1.00 bits per heavy atom. The summed E-state index contributed by atoms with van der Waals surface area (Å²) in [7, 11) is 0. The van der Waals surface area contributed by atoms with Crippen molar-refractivity contribution in [1.29, 1.82) is 0 Å². The number of ether oxygens (including phenoxy) is 2. The number of carbonyl (C=O) groups is 1. The average Bonchev–Trinajstić information content (AvgIpc) is 2.79. The van der Waals surface area contributed by atoms with E-state index < -0.39 is 5.97 Å². The minimum atomic E-state index is -0.828. The minimum absolute atomic E-state index is 0.476. The van der Waals surface area contributed by atoms with Gasteiger partial charge in [0.25, 0.3) is 0 Å². The van der Waals surface area contributed by atoms with E-state index in [0.29, 0.717) is 25.2 Å². The Hall–Kier alpha value is -2.79. The van der Waals surface area contributed by atoms with Crippen LogP contribution in [0.4, 0.5) is 5.69 Å². The first kappa shape index (κ1) is 23.9. The van der Waals surface area contributed by atoms with Gasteiger partial charge in [0.05, 0.1) is 6.61 Å². The maximum Gasteiger partial charge on any atom is 0.331 e. The maximum atomic E-state index is 11.7. The molecule has 0 radical (unpaired) electrons. The van der Waals surface area contributed by atoms with E-state index >= 15 is 0 Å². The second-order valence-corrected chi connectivity index (χ2v) is 8.18. The van der Waals surface area contributed by atoms with Gasteiger partial charge in [0.15, 0.2) is 0 Å². The fourth-order valence-corrected chi connectivity index (χ4v) is 3.96. The first-order valence-corrected chi connectivity index (χ1v) is 11.8. The zero-order chi connectivity index (χ0) is 22.8. The number of anilines is 1. The molecule has 2 aromatic carbocycles. The molecule has 0 aromatic heterocycles. The third-order valence-electron chi connectivity index (χ3n) is 5.67. The summed E-state index contributed by atoms with van der Waals surface area (Å²) >= 11 is 0. The van der Waals surface area contributed by atoms with E-state index in [2.05, 4.69) is 36.9 Å². The largest absolute Gasteiger partial charge is 0.491 e. The van der Waals surface area contributed by atoms with Crippen LogP contribution >= 0.6 is 0 Å². The summed E-state index contributed by atoms with van der Waals surface area (Å²) in [5.41, 5.74) is 4.70. The van der Waals surface area contributed by atoms with Crippen molar-refractivity contribution in [1.82, 2.24) is 0 Å². The van der Waals surface area contributed by atoms with Crippen LogP contribution in [0, 0.1) is 0 Å². The lowest BCUT2D eigenvalue weighted by molar-refractivity contribution is -0.132. The molecule has 5 heteroatoms. The van der Waals surface area contributed by atoms with Crippen molar-refractivity contribution in [3.63, 3.8) is 0 Å². The quantitative estimate of drug-likeness (QED) is 0.435. The zero-order valence-electron chi connectivity index (χ0n) is 19.3. The van der Waals surface area contributed by atoms with Crippen LogP contribution in [0.5, 0.6) is 5.75 Å². The lowest BCUT2D eigenvalue weighted by Crippen LogP contribution is -2.27. The number of aliphatic carboxylic acids is 1. The summed E-state index contributed by atoms with van der Waals surface area (Å²) in [6.45, 7) is 8.08. The molecule has 0 amide bonds. The van der Waals surface area contributed by atoms with E-state index in [-0.39, 0.29) is 0 Å². The van der Waals surface area contributed by atoms with Crippen LogP contribution in [0.25, 0.3) is 17.2 Å². The third kappa shape index (κ3) is 6.60. The van der Waals surface area contributed by atoms with Gasteiger partial charge in [-0.15, -0.1) is 0 Å². The van der Waals surface area contributed by atoms with E-state index in [9.17, 15) is 9.90 Å². The van der Waals surface area contributed by atoms with Crippen LogP contribution in [0.3, 0.4) is 0 Å². The van der Waals surface area contributed by atoms with Crippen LogP contribution in [-0.4, -0.2) is 44.0 Å². The Kier molecular flexibility index (Phi) is 9.17. The van der Waals surface area contributed by atoms with Crippen molar-refractivity contribution in [3.8, 4) is 16.9 Å². The molecule has 172 valence electrons. The summed E-state index contributed by atoms with van der Waals surface area (Å²) < 4.78 is 11.3. The monoisotopic (exact) mass is 437 g/mol. The van der Waals surface area contributed by atoms with Crippen molar-refractivity contribution in [3.05, 3.63) is 53.6 Å². The summed E-state index contributed by atoms with van der Waals surface area (Å²) in [4.78, 5) is 14.1. The van der Waals surface area contributed by atoms with Gasteiger partial charge in [0.1, 0.15) is 12.4 Å². The first-order chi connectivity index (χ1) is 15.6. The molecule has 32 heavy (non-hydrogen) atoms.